The highest BCUT2D eigenvalue weighted by Crippen LogP contribution is 2.38. The quantitative estimate of drug-likeness (QED) is 0.594. The van der Waals surface area contributed by atoms with E-state index in [0.29, 0.717) is 23.8 Å². The maximum Gasteiger partial charge on any atom is 0.264 e. The first-order valence-corrected chi connectivity index (χ1v) is 14.2. The van der Waals surface area contributed by atoms with Crippen molar-refractivity contribution in [2.75, 3.05) is 22.4 Å². The Morgan fingerprint density at radius 3 is 2.69 bits per heavy atom. The molecule has 2 heterocycles. The number of sulfonamides is 1. The van der Waals surface area contributed by atoms with Gasteiger partial charge in [0.1, 0.15) is 5.75 Å². The summed E-state index contributed by atoms with van der Waals surface area (Å²) in [4.78, 5) is 0.205. The van der Waals surface area contributed by atoms with E-state index in [2.05, 4.69) is 13.0 Å². The summed E-state index contributed by atoms with van der Waals surface area (Å²) in [6, 6.07) is 10.9. The Balaban J connectivity index is 1.66. The minimum atomic E-state index is -3.77. The Hall–Kier alpha value is -1.70. The molecule has 1 fully saturated rings. The van der Waals surface area contributed by atoms with E-state index >= 15 is 0 Å². The third-order valence-electron chi connectivity index (χ3n) is 6.60. The molecule has 1 unspecified atom stereocenters. The van der Waals surface area contributed by atoms with E-state index in [1.54, 1.807) is 22.5 Å². The fourth-order valence-corrected chi connectivity index (χ4v) is 7.73. The van der Waals surface area contributed by atoms with Crippen LogP contribution in [-0.2, 0) is 29.5 Å². The number of anilines is 1. The first-order chi connectivity index (χ1) is 15.5. The summed E-state index contributed by atoms with van der Waals surface area (Å²) in [5.41, 5.74) is 3.61. The Kier molecular flexibility index (Phi) is 7.37. The molecule has 0 bridgehead atoms. The molecule has 7 heteroatoms. The van der Waals surface area contributed by atoms with Gasteiger partial charge in [-0.2, -0.15) is 11.8 Å². The Bertz CT molecular complexity index is 1050. The third kappa shape index (κ3) is 4.66. The zero-order valence-corrected chi connectivity index (χ0v) is 20.6. The molecule has 1 saturated heterocycles. The molecule has 0 spiro atoms. The lowest BCUT2D eigenvalue weighted by molar-refractivity contribution is 0.241. The predicted molar refractivity (Wildman–Crippen MR) is 131 cm³/mol. The van der Waals surface area contributed by atoms with Gasteiger partial charge in [-0.05, 0) is 79.0 Å². The van der Waals surface area contributed by atoms with Crippen molar-refractivity contribution in [3.63, 3.8) is 0 Å². The van der Waals surface area contributed by atoms with Gasteiger partial charge in [-0.3, -0.25) is 4.31 Å². The summed E-state index contributed by atoms with van der Waals surface area (Å²) >= 11 is 1.93. The second-order valence-electron chi connectivity index (χ2n) is 8.69. The largest absolute Gasteiger partial charge is 0.493 e. The minimum absolute atomic E-state index is 0.0756. The molecule has 1 N–H and O–H groups in total. The van der Waals surface area contributed by atoms with Crippen molar-refractivity contribution in [2.45, 2.75) is 63.5 Å². The molecule has 2 aliphatic rings. The maximum atomic E-state index is 13.8. The molecule has 174 valence electrons. The van der Waals surface area contributed by atoms with Crippen molar-refractivity contribution in [2.24, 2.45) is 5.92 Å². The topological polar surface area (TPSA) is 66.8 Å². The number of benzene rings is 2. The monoisotopic (exact) mass is 475 g/mol. The van der Waals surface area contributed by atoms with Crippen molar-refractivity contribution in [3.05, 3.63) is 53.1 Å². The van der Waals surface area contributed by atoms with Crippen LogP contribution in [0.3, 0.4) is 0 Å². The van der Waals surface area contributed by atoms with E-state index in [-0.39, 0.29) is 17.5 Å². The smallest absolute Gasteiger partial charge is 0.264 e. The molecular formula is C25H33NO4S2. The molecule has 2 aromatic carbocycles. The SMILES string of the molecule is CCc1ccc2c(c1)CC[C@@H](CC)N2S(=O)(=O)c1ccc(OCC2CCSC2)c(CO)c1. The summed E-state index contributed by atoms with van der Waals surface area (Å²) in [7, 11) is -3.77. The molecule has 0 aliphatic carbocycles. The highest BCUT2D eigenvalue weighted by molar-refractivity contribution is 7.99. The molecular weight excluding hydrogens is 442 g/mol. The number of rotatable bonds is 8. The number of hydrogen-bond acceptors (Lipinski definition) is 5. The maximum absolute atomic E-state index is 13.8. The highest BCUT2D eigenvalue weighted by atomic mass is 32.2. The van der Waals surface area contributed by atoms with Crippen molar-refractivity contribution >= 4 is 27.5 Å². The van der Waals surface area contributed by atoms with E-state index in [4.69, 9.17) is 4.74 Å². The van der Waals surface area contributed by atoms with Gasteiger partial charge in [0, 0.05) is 17.5 Å². The van der Waals surface area contributed by atoms with E-state index in [0.717, 1.165) is 54.9 Å². The van der Waals surface area contributed by atoms with E-state index in [1.165, 1.54) is 5.56 Å². The van der Waals surface area contributed by atoms with Crippen LogP contribution in [0.5, 0.6) is 5.75 Å². The van der Waals surface area contributed by atoms with Gasteiger partial charge in [0.15, 0.2) is 0 Å². The number of aliphatic hydroxyl groups excluding tert-OH is 1. The van der Waals surface area contributed by atoms with Crippen LogP contribution in [0.4, 0.5) is 5.69 Å². The van der Waals surface area contributed by atoms with Gasteiger partial charge in [-0.1, -0.05) is 26.0 Å². The van der Waals surface area contributed by atoms with Gasteiger partial charge in [0.2, 0.25) is 0 Å². The van der Waals surface area contributed by atoms with Crippen LogP contribution >= 0.6 is 11.8 Å². The van der Waals surface area contributed by atoms with Gasteiger partial charge >= 0.3 is 0 Å². The van der Waals surface area contributed by atoms with Crippen LogP contribution in [0.25, 0.3) is 0 Å². The summed E-state index contributed by atoms with van der Waals surface area (Å²) in [5.74, 6) is 3.33. The number of hydrogen-bond donors (Lipinski definition) is 1. The lowest BCUT2D eigenvalue weighted by Crippen LogP contribution is -2.43. The molecule has 0 aromatic heterocycles. The number of aliphatic hydroxyl groups is 1. The number of fused-ring (bicyclic) bond motifs is 1. The van der Waals surface area contributed by atoms with Crippen molar-refractivity contribution in [1.29, 1.82) is 0 Å². The van der Waals surface area contributed by atoms with Crippen LogP contribution in [0.15, 0.2) is 41.3 Å². The molecule has 0 amide bonds. The lowest BCUT2D eigenvalue weighted by atomic mass is 9.94. The zero-order valence-electron chi connectivity index (χ0n) is 18.9. The van der Waals surface area contributed by atoms with E-state index < -0.39 is 10.0 Å². The van der Waals surface area contributed by atoms with Gasteiger partial charge in [0.05, 0.1) is 23.8 Å². The van der Waals surface area contributed by atoms with E-state index in [1.807, 2.05) is 30.8 Å². The third-order valence-corrected chi connectivity index (χ3v) is 9.69. The van der Waals surface area contributed by atoms with Crippen LogP contribution in [0.1, 0.15) is 49.8 Å². The van der Waals surface area contributed by atoms with Gasteiger partial charge in [0.25, 0.3) is 10.0 Å². The van der Waals surface area contributed by atoms with Gasteiger partial charge in [-0.15, -0.1) is 0 Å². The normalized spacial score (nSPS) is 20.9. The van der Waals surface area contributed by atoms with Gasteiger partial charge < -0.3 is 9.84 Å². The molecule has 4 rings (SSSR count). The van der Waals surface area contributed by atoms with Crippen molar-refractivity contribution < 1.29 is 18.3 Å². The van der Waals surface area contributed by atoms with E-state index in [9.17, 15) is 13.5 Å². The lowest BCUT2D eigenvalue weighted by Gasteiger charge is -2.37. The molecule has 2 atom stereocenters. The highest BCUT2D eigenvalue weighted by Gasteiger charge is 2.35. The van der Waals surface area contributed by atoms with Crippen LogP contribution in [-0.4, -0.2) is 37.7 Å². The predicted octanol–water partition coefficient (Wildman–Crippen LogP) is 4.79. The van der Waals surface area contributed by atoms with Crippen LogP contribution in [0, 0.1) is 5.92 Å². The Morgan fingerprint density at radius 1 is 1.16 bits per heavy atom. The van der Waals surface area contributed by atoms with Crippen LogP contribution < -0.4 is 9.04 Å². The van der Waals surface area contributed by atoms with Crippen molar-refractivity contribution in [3.8, 4) is 5.75 Å². The molecule has 2 aromatic rings. The number of aryl methyl sites for hydroxylation is 2. The molecule has 5 nitrogen and oxygen atoms in total. The fourth-order valence-electron chi connectivity index (χ4n) is 4.62. The molecule has 0 saturated carbocycles. The molecule has 0 radical (unpaired) electrons. The molecule has 32 heavy (non-hydrogen) atoms. The minimum Gasteiger partial charge on any atom is -0.493 e. The summed E-state index contributed by atoms with van der Waals surface area (Å²) in [6.45, 7) is 4.49. The zero-order chi connectivity index (χ0) is 22.7. The van der Waals surface area contributed by atoms with Gasteiger partial charge in [-0.25, -0.2) is 8.42 Å². The van der Waals surface area contributed by atoms with Crippen LogP contribution in [0.2, 0.25) is 0 Å². The average Bonchev–Trinajstić information content (AvgIpc) is 3.35. The average molecular weight is 476 g/mol. The first kappa shape index (κ1) is 23.5. The van der Waals surface area contributed by atoms with Crippen molar-refractivity contribution in [1.82, 2.24) is 0 Å². The fraction of sp³-hybridized carbons (Fsp3) is 0.520. The second kappa shape index (κ2) is 10.1. The summed E-state index contributed by atoms with van der Waals surface area (Å²) < 4.78 is 35.2. The Morgan fingerprint density at radius 2 is 2.00 bits per heavy atom. The molecule has 2 aliphatic heterocycles. The summed E-state index contributed by atoms with van der Waals surface area (Å²) in [5, 5.41) is 9.93. The second-order valence-corrected chi connectivity index (χ2v) is 11.7. The number of ether oxygens (including phenoxy) is 1. The number of nitrogens with zero attached hydrogens (tertiary/aromatic N) is 1. The first-order valence-electron chi connectivity index (χ1n) is 11.6. The number of thioether (sulfide) groups is 1. The Labute approximate surface area is 196 Å². The standard InChI is InChI=1S/C25H33NO4S2/c1-3-18-5-9-24-20(13-18)6-7-22(4-2)26(24)32(28,29)23-8-10-25(21(14-23)15-27)30-16-19-11-12-31-17-19/h5,8-10,13-14,19,22,27H,3-4,6-7,11-12,15-17H2,1-2H3/t19?,22-/m1/s1. The summed E-state index contributed by atoms with van der Waals surface area (Å²) in [6.07, 6.45) is 4.52.